The van der Waals surface area contributed by atoms with Gasteiger partial charge in [-0.2, -0.15) is 0 Å². The summed E-state index contributed by atoms with van der Waals surface area (Å²) in [7, 11) is 1.35. The van der Waals surface area contributed by atoms with Gasteiger partial charge < -0.3 is 19.3 Å². The van der Waals surface area contributed by atoms with Gasteiger partial charge in [-0.05, 0) is 69.2 Å². The van der Waals surface area contributed by atoms with Gasteiger partial charge in [-0.15, -0.1) is 11.3 Å². The van der Waals surface area contributed by atoms with Crippen molar-refractivity contribution in [2.45, 2.75) is 53.1 Å². The van der Waals surface area contributed by atoms with Crippen LogP contribution in [0.5, 0.6) is 5.75 Å². The minimum atomic E-state index is -0.440. The SMILES string of the molecule is COC(=O)c1c(NC(=O)c2noc(C)c2COc2cc(C)ccc2C)sc2c1CCCC2. The first kappa shape index (κ1) is 22.1. The van der Waals surface area contributed by atoms with Crippen molar-refractivity contribution in [1.29, 1.82) is 0 Å². The van der Waals surface area contributed by atoms with E-state index in [1.807, 2.05) is 32.0 Å². The van der Waals surface area contributed by atoms with Crippen molar-refractivity contribution in [1.82, 2.24) is 5.16 Å². The van der Waals surface area contributed by atoms with Crippen LogP contribution in [0.3, 0.4) is 0 Å². The molecule has 0 bridgehead atoms. The number of fused-ring (bicyclic) bond motifs is 1. The molecule has 3 aromatic rings. The molecular weight excluding hydrogens is 428 g/mol. The third kappa shape index (κ3) is 4.27. The van der Waals surface area contributed by atoms with Crippen molar-refractivity contribution in [3.05, 3.63) is 62.3 Å². The zero-order valence-electron chi connectivity index (χ0n) is 18.7. The molecular formula is C24H26N2O5S. The smallest absolute Gasteiger partial charge is 0.341 e. The van der Waals surface area contributed by atoms with Crippen molar-refractivity contribution in [2.75, 3.05) is 12.4 Å². The minimum Gasteiger partial charge on any atom is -0.488 e. The average molecular weight is 455 g/mol. The first-order valence-electron chi connectivity index (χ1n) is 10.6. The molecule has 4 rings (SSSR count). The molecule has 0 spiro atoms. The van der Waals surface area contributed by atoms with Crippen LogP contribution in [-0.4, -0.2) is 24.1 Å². The number of esters is 1. The van der Waals surface area contributed by atoms with Gasteiger partial charge in [-0.1, -0.05) is 17.3 Å². The van der Waals surface area contributed by atoms with Crippen molar-refractivity contribution in [2.24, 2.45) is 0 Å². The molecule has 1 aromatic carbocycles. The molecule has 1 aliphatic carbocycles. The Morgan fingerprint density at radius 1 is 1.19 bits per heavy atom. The maximum atomic E-state index is 13.1. The van der Waals surface area contributed by atoms with Gasteiger partial charge in [0, 0.05) is 4.88 Å². The second-order valence-corrected chi connectivity index (χ2v) is 9.09. The highest BCUT2D eigenvalue weighted by Gasteiger charge is 2.29. The van der Waals surface area contributed by atoms with E-state index in [0.29, 0.717) is 21.9 Å². The van der Waals surface area contributed by atoms with Crippen LogP contribution in [0.25, 0.3) is 0 Å². The molecule has 1 amide bonds. The lowest BCUT2D eigenvalue weighted by molar-refractivity contribution is 0.0601. The number of ether oxygens (including phenoxy) is 2. The molecule has 1 N–H and O–H groups in total. The van der Waals surface area contributed by atoms with Crippen LogP contribution >= 0.6 is 11.3 Å². The Balaban J connectivity index is 1.58. The molecule has 0 radical (unpaired) electrons. The second kappa shape index (κ2) is 9.16. The van der Waals surface area contributed by atoms with Gasteiger partial charge in [-0.3, -0.25) is 4.79 Å². The number of hydrogen-bond acceptors (Lipinski definition) is 7. The van der Waals surface area contributed by atoms with Crippen LogP contribution in [0.1, 0.15) is 66.6 Å². The van der Waals surface area contributed by atoms with E-state index in [2.05, 4.69) is 10.5 Å². The number of amides is 1. The first-order chi connectivity index (χ1) is 15.4. The highest BCUT2D eigenvalue weighted by Crippen LogP contribution is 2.39. The molecule has 0 atom stereocenters. The molecule has 0 aliphatic heterocycles. The number of hydrogen-bond donors (Lipinski definition) is 1. The van der Waals surface area contributed by atoms with Gasteiger partial charge in [0.05, 0.1) is 18.2 Å². The number of carbonyl (C=O) groups is 2. The lowest BCUT2D eigenvalue weighted by Crippen LogP contribution is -2.17. The summed E-state index contributed by atoms with van der Waals surface area (Å²) in [5.74, 6) is 0.384. The number of aryl methyl sites for hydroxylation is 4. The van der Waals surface area contributed by atoms with Crippen LogP contribution < -0.4 is 10.1 Å². The molecule has 1 aliphatic rings. The number of rotatable bonds is 6. The number of aromatic nitrogens is 1. The molecule has 0 saturated carbocycles. The molecule has 0 fully saturated rings. The van der Waals surface area contributed by atoms with Crippen molar-refractivity contribution >= 4 is 28.2 Å². The maximum Gasteiger partial charge on any atom is 0.341 e. The van der Waals surface area contributed by atoms with E-state index in [1.54, 1.807) is 6.92 Å². The monoisotopic (exact) mass is 454 g/mol. The summed E-state index contributed by atoms with van der Waals surface area (Å²) in [6, 6.07) is 5.97. The van der Waals surface area contributed by atoms with Crippen molar-refractivity contribution in [3.8, 4) is 5.75 Å². The number of nitrogens with zero attached hydrogens (tertiary/aromatic N) is 1. The Labute approximate surface area is 190 Å². The van der Waals surface area contributed by atoms with E-state index in [0.717, 1.165) is 53.0 Å². The van der Waals surface area contributed by atoms with Gasteiger partial charge in [0.15, 0.2) is 5.69 Å². The molecule has 2 aromatic heterocycles. The summed E-state index contributed by atoms with van der Waals surface area (Å²) in [5.41, 5.74) is 4.25. The lowest BCUT2D eigenvalue weighted by atomic mass is 9.95. The second-order valence-electron chi connectivity index (χ2n) is 7.98. The fourth-order valence-corrected chi connectivity index (χ4v) is 5.16. The fourth-order valence-electron chi connectivity index (χ4n) is 3.89. The quantitative estimate of drug-likeness (QED) is 0.518. The first-order valence-corrected chi connectivity index (χ1v) is 11.4. The zero-order valence-corrected chi connectivity index (χ0v) is 19.5. The summed E-state index contributed by atoms with van der Waals surface area (Å²) in [4.78, 5) is 26.7. The Kier molecular flexibility index (Phi) is 6.32. The number of benzene rings is 1. The topological polar surface area (TPSA) is 90.7 Å². The Morgan fingerprint density at radius 3 is 2.75 bits per heavy atom. The number of anilines is 1. The van der Waals surface area contributed by atoms with Gasteiger partial charge in [0.25, 0.3) is 5.91 Å². The number of carbonyl (C=O) groups excluding carboxylic acids is 2. The minimum absolute atomic E-state index is 0.146. The standard InChI is InChI=1S/C24H26N2O5S/c1-13-9-10-14(2)18(11-13)30-12-17-15(3)31-26-21(17)22(27)25-23-20(24(28)29-4)16-7-5-6-8-19(16)32-23/h9-11H,5-8,12H2,1-4H3,(H,25,27). The van der Waals surface area contributed by atoms with E-state index in [4.69, 9.17) is 14.0 Å². The summed E-state index contributed by atoms with van der Waals surface area (Å²) in [5, 5.41) is 7.33. The molecule has 32 heavy (non-hydrogen) atoms. The van der Waals surface area contributed by atoms with Gasteiger partial charge in [0.1, 0.15) is 23.1 Å². The van der Waals surface area contributed by atoms with E-state index in [1.165, 1.54) is 18.4 Å². The van der Waals surface area contributed by atoms with E-state index in [-0.39, 0.29) is 12.3 Å². The molecule has 168 valence electrons. The predicted molar refractivity (Wildman–Crippen MR) is 122 cm³/mol. The molecule has 7 nitrogen and oxygen atoms in total. The Hall–Kier alpha value is -3.13. The third-order valence-electron chi connectivity index (χ3n) is 5.70. The fraction of sp³-hybridized carbons (Fsp3) is 0.375. The maximum absolute atomic E-state index is 13.1. The lowest BCUT2D eigenvalue weighted by Gasteiger charge is -2.12. The molecule has 2 heterocycles. The van der Waals surface area contributed by atoms with Crippen molar-refractivity contribution in [3.63, 3.8) is 0 Å². The molecule has 0 unspecified atom stereocenters. The Morgan fingerprint density at radius 2 is 1.97 bits per heavy atom. The predicted octanol–water partition coefficient (Wildman–Crippen LogP) is 5.16. The van der Waals surface area contributed by atoms with Gasteiger partial charge >= 0.3 is 5.97 Å². The van der Waals surface area contributed by atoms with Gasteiger partial charge in [-0.25, -0.2) is 4.79 Å². The van der Waals surface area contributed by atoms with Gasteiger partial charge in [0.2, 0.25) is 0 Å². The highest BCUT2D eigenvalue weighted by molar-refractivity contribution is 7.17. The number of methoxy groups -OCH3 is 1. The third-order valence-corrected chi connectivity index (χ3v) is 6.91. The summed E-state index contributed by atoms with van der Waals surface area (Å²) in [6.07, 6.45) is 3.80. The number of nitrogens with one attached hydrogen (secondary N) is 1. The van der Waals surface area contributed by atoms with E-state index < -0.39 is 11.9 Å². The summed E-state index contributed by atoms with van der Waals surface area (Å²) in [6.45, 7) is 5.85. The normalized spacial score (nSPS) is 12.9. The summed E-state index contributed by atoms with van der Waals surface area (Å²) >= 11 is 1.43. The largest absolute Gasteiger partial charge is 0.488 e. The Bertz CT molecular complexity index is 1180. The van der Waals surface area contributed by atoms with Crippen LogP contribution in [0.15, 0.2) is 22.7 Å². The number of thiophene rings is 1. The van der Waals surface area contributed by atoms with Crippen molar-refractivity contribution < 1.29 is 23.6 Å². The highest BCUT2D eigenvalue weighted by atomic mass is 32.1. The van der Waals surface area contributed by atoms with Crippen LogP contribution in [0, 0.1) is 20.8 Å². The van der Waals surface area contributed by atoms with Crippen LogP contribution in [0.4, 0.5) is 5.00 Å². The molecule has 8 heteroatoms. The average Bonchev–Trinajstić information content (AvgIpc) is 3.33. The van der Waals surface area contributed by atoms with Crippen LogP contribution in [0.2, 0.25) is 0 Å². The molecule has 0 saturated heterocycles. The summed E-state index contributed by atoms with van der Waals surface area (Å²) < 4.78 is 16.3. The zero-order chi connectivity index (χ0) is 22.8. The van der Waals surface area contributed by atoms with E-state index >= 15 is 0 Å². The van der Waals surface area contributed by atoms with Crippen LogP contribution in [-0.2, 0) is 24.2 Å². The van der Waals surface area contributed by atoms with E-state index in [9.17, 15) is 9.59 Å².